The SMILES string of the molecule is O=S(=O)([O-])[O-].[K+].[Rb+]. The Labute approximate surface area is 133 Å². The third-order valence-corrected chi connectivity index (χ3v) is 0. The summed E-state index contributed by atoms with van der Waals surface area (Å²) in [6.07, 6.45) is 0. The first kappa shape index (κ1) is 16.7. The molecular weight excluding hydrogens is 221 g/mol. The maximum atomic E-state index is 8.52. The molecule has 32 valence electrons. The zero-order valence-corrected chi connectivity index (χ0v) is 12.9. The van der Waals surface area contributed by atoms with Gasteiger partial charge in [0, 0.05) is 10.4 Å². The summed E-state index contributed by atoms with van der Waals surface area (Å²) in [7, 11) is -5.17. The van der Waals surface area contributed by atoms with E-state index >= 15 is 0 Å². The average molecular weight is 221 g/mol. The van der Waals surface area contributed by atoms with E-state index in [2.05, 4.69) is 0 Å². The summed E-state index contributed by atoms with van der Waals surface area (Å²) in [5.41, 5.74) is 0. The summed E-state index contributed by atoms with van der Waals surface area (Å²) in [5.74, 6) is 0. The fourth-order valence-electron chi connectivity index (χ4n) is 0. The van der Waals surface area contributed by atoms with Gasteiger partial charge in [0.1, 0.15) is 0 Å². The molecule has 0 aliphatic carbocycles. The molecule has 0 fully saturated rings. The van der Waals surface area contributed by atoms with Gasteiger partial charge in [0.2, 0.25) is 0 Å². The number of rotatable bonds is 0. The molecule has 0 bridgehead atoms. The molecule has 0 saturated heterocycles. The molecule has 0 atom stereocenters. The van der Waals surface area contributed by atoms with E-state index in [0.717, 1.165) is 0 Å². The molecule has 0 heterocycles. The van der Waals surface area contributed by atoms with Crippen LogP contribution < -0.4 is 110 Å². The Morgan fingerprint density at radius 1 is 1.14 bits per heavy atom. The zero-order valence-electron chi connectivity index (χ0n) is 4.04. The van der Waals surface area contributed by atoms with Gasteiger partial charge in [0.25, 0.3) is 0 Å². The Bertz CT molecular complexity index is 94.9. The Balaban J connectivity index is -0.0000000800. The van der Waals surface area contributed by atoms with Crippen LogP contribution in [0, 0.1) is 0 Å². The zero-order chi connectivity index (χ0) is 4.50. The van der Waals surface area contributed by atoms with Crippen LogP contribution in [0.2, 0.25) is 0 Å². The minimum atomic E-state index is -5.17. The third-order valence-electron chi connectivity index (χ3n) is 0. The van der Waals surface area contributed by atoms with Crippen LogP contribution in [0.1, 0.15) is 0 Å². The summed E-state index contributed by atoms with van der Waals surface area (Å²) in [4.78, 5) is 0. The predicted octanol–water partition coefficient (Wildman–Crippen LogP) is -7.33. The monoisotopic (exact) mass is 220 g/mol. The van der Waals surface area contributed by atoms with Crippen LogP contribution in [-0.2, 0) is 10.4 Å². The minimum absolute atomic E-state index is 0. The van der Waals surface area contributed by atoms with Gasteiger partial charge in [-0.2, -0.15) is 0 Å². The van der Waals surface area contributed by atoms with E-state index in [-0.39, 0.29) is 110 Å². The first-order valence-electron chi connectivity index (χ1n) is 0.667. The normalized spacial score (nSPS) is 8.29. The Morgan fingerprint density at radius 2 is 1.14 bits per heavy atom. The topological polar surface area (TPSA) is 80.3 Å². The maximum Gasteiger partial charge on any atom is 1.00 e. The van der Waals surface area contributed by atoms with Gasteiger partial charge < -0.3 is 9.11 Å². The molecular formula is KO4RbS. The summed E-state index contributed by atoms with van der Waals surface area (Å²) >= 11 is 0. The van der Waals surface area contributed by atoms with Crippen molar-refractivity contribution in [2.45, 2.75) is 0 Å². The van der Waals surface area contributed by atoms with Crippen molar-refractivity contribution < 1.29 is 127 Å². The van der Waals surface area contributed by atoms with E-state index in [4.69, 9.17) is 17.5 Å². The van der Waals surface area contributed by atoms with Crippen molar-refractivity contribution in [3.05, 3.63) is 0 Å². The second-order valence-corrected chi connectivity index (χ2v) is 1.22. The maximum absolute atomic E-state index is 8.52. The van der Waals surface area contributed by atoms with E-state index in [9.17, 15) is 0 Å². The van der Waals surface area contributed by atoms with E-state index in [0.29, 0.717) is 0 Å². The van der Waals surface area contributed by atoms with E-state index in [1.54, 1.807) is 0 Å². The van der Waals surface area contributed by atoms with Crippen molar-refractivity contribution in [1.82, 2.24) is 0 Å². The van der Waals surface area contributed by atoms with Crippen molar-refractivity contribution in [2.75, 3.05) is 0 Å². The molecule has 0 saturated carbocycles. The first-order valence-corrected chi connectivity index (χ1v) is 2.00. The van der Waals surface area contributed by atoms with Gasteiger partial charge in [-0.15, -0.1) is 0 Å². The van der Waals surface area contributed by atoms with Crippen LogP contribution in [-0.4, -0.2) is 17.5 Å². The summed E-state index contributed by atoms with van der Waals surface area (Å²) in [6.45, 7) is 0. The molecule has 0 spiro atoms. The summed E-state index contributed by atoms with van der Waals surface area (Å²) in [5, 5.41) is 0. The van der Waals surface area contributed by atoms with E-state index in [1.807, 2.05) is 0 Å². The Hall–Kier alpha value is 3.31. The van der Waals surface area contributed by atoms with Gasteiger partial charge in [-0.1, -0.05) is 0 Å². The number of hydrogen-bond acceptors (Lipinski definition) is 4. The number of hydrogen-bond donors (Lipinski definition) is 0. The Morgan fingerprint density at radius 3 is 1.14 bits per heavy atom. The molecule has 0 unspecified atom stereocenters. The van der Waals surface area contributed by atoms with Crippen LogP contribution in [0.25, 0.3) is 0 Å². The third kappa shape index (κ3) is 45.4. The molecule has 0 aromatic rings. The van der Waals surface area contributed by atoms with Gasteiger partial charge >= 0.3 is 110 Å². The summed E-state index contributed by atoms with van der Waals surface area (Å²) < 4.78 is 34.1. The van der Waals surface area contributed by atoms with Crippen molar-refractivity contribution in [2.24, 2.45) is 0 Å². The molecule has 0 amide bonds. The Kier molecular flexibility index (Phi) is 17.7. The van der Waals surface area contributed by atoms with Crippen LogP contribution in [0.4, 0.5) is 0 Å². The van der Waals surface area contributed by atoms with E-state index in [1.165, 1.54) is 0 Å². The van der Waals surface area contributed by atoms with Gasteiger partial charge in [0.05, 0.1) is 0 Å². The van der Waals surface area contributed by atoms with Crippen molar-refractivity contribution in [3.63, 3.8) is 0 Å². The molecule has 7 heavy (non-hydrogen) atoms. The van der Waals surface area contributed by atoms with Gasteiger partial charge in [-0.25, -0.2) is 0 Å². The fourth-order valence-corrected chi connectivity index (χ4v) is 0. The molecule has 7 heteroatoms. The van der Waals surface area contributed by atoms with Gasteiger partial charge in [-0.3, -0.25) is 8.42 Å². The van der Waals surface area contributed by atoms with Gasteiger partial charge in [-0.05, 0) is 0 Å². The molecule has 0 radical (unpaired) electrons. The minimum Gasteiger partial charge on any atom is -0.759 e. The largest absolute Gasteiger partial charge is 1.00 e. The molecule has 0 rings (SSSR count). The van der Waals surface area contributed by atoms with Crippen LogP contribution >= 0.6 is 0 Å². The first-order chi connectivity index (χ1) is 2.00. The molecule has 0 N–H and O–H groups in total. The van der Waals surface area contributed by atoms with Crippen molar-refractivity contribution in [3.8, 4) is 0 Å². The van der Waals surface area contributed by atoms with Crippen molar-refractivity contribution in [1.29, 1.82) is 0 Å². The quantitative estimate of drug-likeness (QED) is 0.231. The average Bonchev–Trinajstić information content (AvgIpc) is 0.722. The molecule has 0 aromatic heterocycles. The standard InChI is InChI=1S/K.H2O4S.Rb/c;1-5(2,3)4;/h;(H2,1,2,3,4);/q+1;;+1/p-2. The second kappa shape index (κ2) is 7.42. The van der Waals surface area contributed by atoms with Crippen LogP contribution in [0.3, 0.4) is 0 Å². The van der Waals surface area contributed by atoms with Crippen molar-refractivity contribution >= 4 is 10.4 Å². The predicted molar refractivity (Wildman–Crippen MR) is 10.5 cm³/mol. The molecule has 0 aliphatic rings. The molecule has 0 aromatic carbocycles. The fraction of sp³-hybridized carbons (Fsp3) is 0. The van der Waals surface area contributed by atoms with Crippen LogP contribution in [0.5, 0.6) is 0 Å². The summed E-state index contributed by atoms with van der Waals surface area (Å²) in [6, 6.07) is 0. The molecule has 0 aliphatic heterocycles. The second-order valence-electron chi connectivity index (χ2n) is 0.408. The van der Waals surface area contributed by atoms with Crippen LogP contribution in [0.15, 0.2) is 0 Å². The van der Waals surface area contributed by atoms with E-state index < -0.39 is 10.4 Å². The van der Waals surface area contributed by atoms with Gasteiger partial charge in [0.15, 0.2) is 0 Å². The molecule has 4 nitrogen and oxygen atoms in total. The smallest absolute Gasteiger partial charge is 0.759 e.